The van der Waals surface area contributed by atoms with Crippen molar-refractivity contribution >= 4 is 29.9 Å². The minimum absolute atomic E-state index is 0. The van der Waals surface area contributed by atoms with E-state index in [1.54, 1.807) is 7.11 Å². The van der Waals surface area contributed by atoms with Gasteiger partial charge in [-0.3, -0.25) is 4.99 Å². The lowest BCUT2D eigenvalue weighted by Gasteiger charge is -2.24. The summed E-state index contributed by atoms with van der Waals surface area (Å²) in [6, 6.07) is 6.23. The molecular weight excluding hydrogens is 405 g/mol. The van der Waals surface area contributed by atoms with Crippen molar-refractivity contribution in [2.45, 2.75) is 19.9 Å². The Morgan fingerprint density at radius 1 is 1.48 bits per heavy atom. The van der Waals surface area contributed by atoms with Crippen LogP contribution < -0.4 is 10.1 Å². The molecular formula is C17H28IN3O2. The van der Waals surface area contributed by atoms with Gasteiger partial charge in [0.2, 0.25) is 0 Å². The number of guanidine groups is 1. The summed E-state index contributed by atoms with van der Waals surface area (Å²) < 4.78 is 10.7. The number of halogens is 1. The Morgan fingerprint density at radius 3 is 2.83 bits per heavy atom. The molecule has 1 atom stereocenters. The van der Waals surface area contributed by atoms with Crippen LogP contribution in [0, 0.1) is 12.8 Å². The maximum Gasteiger partial charge on any atom is 0.193 e. The first kappa shape index (κ1) is 20.0. The highest BCUT2D eigenvalue weighted by Crippen LogP contribution is 2.18. The third-order valence-corrected chi connectivity index (χ3v) is 4.04. The number of benzene rings is 1. The van der Waals surface area contributed by atoms with Gasteiger partial charge in [0.1, 0.15) is 5.75 Å². The first-order valence-electron chi connectivity index (χ1n) is 7.77. The van der Waals surface area contributed by atoms with E-state index in [-0.39, 0.29) is 24.0 Å². The van der Waals surface area contributed by atoms with E-state index in [1.165, 1.54) is 5.56 Å². The molecule has 6 heteroatoms. The summed E-state index contributed by atoms with van der Waals surface area (Å²) in [6.07, 6.45) is 1.14. The number of nitrogens with one attached hydrogen (secondary N) is 1. The van der Waals surface area contributed by atoms with Gasteiger partial charge in [-0.25, -0.2) is 0 Å². The van der Waals surface area contributed by atoms with Gasteiger partial charge in [-0.05, 0) is 30.5 Å². The molecule has 1 fully saturated rings. The van der Waals surface area contributed by atoms with Gasteiger partial charge in [0, 0.05) is 39.7 Å². The monoisotopic (exact) mass is 433 g/mol. The summed E-state index contributed by atoms with van der Waals surface area (Å²) in [7, 11) is 5.60. The second kappa shape index (κ2) is 9.97. The molecule has 1 aliphatic heterocycles. The standard InChI is InChI=1S/C17H27N3O2.HI/c1-13-9-14(5-6-16(13)21-4)10-19-17(18-2)20(3)11-15-7-8-22-12-15;/h5-6,9,15H,7-8,10-12H2,1-4H3,(H,18,19);1H. The van der Waals surface area contributed by atoms with Crippen LogP contribution >= 0.6 is 24.0 Å². The van der Waals surface area contributed by atoms with Gasteiger partial charge >= 0.3 is 0 Å². The Balaban J connectivity index is 0.00000264. The van der Waals surface area contributed by atoms with Crippen molar-refractivity contribution in [1.29, 1.82) is 0 Å². The molecule has 1 N–H and O–H groups in total. The molecule has 0 bridgehead atoms. The first-order chi connectivity index (χ1) is 10.6. The fraction of sp³-hybridized carbons (Fsp3) is 0.588. The van der Waals surface area contributed by atoms with Crippen molar-refractivity contribution in [3.63, 3.8) is 0 Å². The van der Waals surface area contributed by atoms with Gasteiger partial charge < -0.3 is 19.7 Å². The van der Waals surface area contributed by atoms with E-state index in [0.29, 0.717) is 5.92 Å². The average molecular weight is 433 g/mol. The van der Waals surface area contributed by atoms with Crippen molar-refractivity contribution in [3.8, 4) is 5.75 Å². The average Bonchev–Trinajstić information content (AvgIpc) is 3.01. The molecule has 0 saturated carbocycles. The molecule has 1 saturated heterocycles. The van der Waals surface area contributed by atoms with Gasteiger partial charge in [0.15, 0.2) is 5.96 Å². The molecule has 1 aliphatic rings. The fourth-order valence-electron chi connectivity index (χ4n) is 2.82. The summed E-state index contributed by atoms with van der Waals surface area (Å²) >= 11 is 0. The van der Waals surface area contributed by atoms with Gasteiger partial charge in [-0.2, -0.15) is 0 Å². The molecule has 0 spiro atoms. The number of ether oxygens (including phenoxy) is 2. The van der Waals surface area contributed by atoms with Crippen LogP contribution in [-0.2, 0) is 11.3 Å². The third-order valence-electron chi connectivity index (χ3n) is 4.04. The second-order valence-electron chi connectivity index (χ2n) is 5.81. The zero-order chi connectivity index (χ0) is 15.9. The van der Waals surface area contributed by atoms with Crippen LogP contribution in [-0.4, -0.2) is 51.8 Å². The molecule has 1 unspecified atom stereocenters. The van der Waals surface area contributed by atoms with Gasteiger partial charge in [0.05, 0.1) is 13.7 Å². The summed E-state index contributed by atoms with van der Waals surface area (Å²) in [4.78, 5) is 6.54. The number of hydrogen-bond donors (Lipinski definition) is 1. The number of hydrogen-bond acceptors (Lipinski definition) is 3. The predicted molar refractivity (Wildman–Crippen MR) is 105 cm³/mol. The second-order valence-corrected chi connectivity index (χ2v) is 5.81. The van der Waals surface area contributed by atoms with E-state index < -0.39 is 0 Å². The Hall–Kier alpha value is -1.02. The van der Waals surface area contributed by atoms with Crippen LogP contribution in [0.5, 0.6) is 5.75 Å². The number of nitrogens with zero attached hydrogens (tertiary/aromatic N) is 2. The maximum absolute atomic E-state index is 5.44. The number of rotatable bonds is 5. The SMILES string of the molecule is CN=C(NCc1ccc(OC)c(C)c1)N(C)CC1CCOC1.I. The van der Waals surface area contributed by atoms with Crippen molar-refractivity contribution in [3.05, 3.63) is 29.3 Å². The van der Waals surface area contributed by atoms with Crippen LogP contribution in [0.3, 0.4) is 0 Å². The third kappa shape index (κ3) is 5.84. The summed E-state index contributed by atoms with van der Waals surface area (Å²) in [5, 5.41) is 3.42. The molecule has 130 valence electrons. The quantitative estimate of drug-likeness (QED) is 0.441. The van der Waals surface area contributed by atoms with Crippen LogP contribution in [0.15, 0.2) is 23.2 Å². The van der Waals surface area contributed by atoms with E-state index in [0.717, 1.165) is 50.0 Å². The van der Waals surface area contributed by atoms with Crippen molar-refractivity contribution in [2.24, 2.45) is 10.9 Å². The smallest absolute Gasteiger partial charge is 0.193 e. The lowest BCUT2D eigenvalue weighted by atomic mass is 10.1. The fourth-order valence-corrected chi connectivity index (χ4v) is 2.82. The predicted octanol–water partition coefficient (Wildman–Crippen LogP) is 2.67. The molecule has 1 aromatic rings. The lowest BCUT2D eigenvalue weighted by Crippen LogP contribution is -2.41. The zero-order valence-corrected chi connectivity index (χ0v) is 16.8. The van der Waals surface area contributed by atoms with Crippen LogP contribution in [0.1, 0.15) is 17.5 Å². The number of methoxy groups -OCH3 is 1. The van der Waals surface area contributed by atoms with E-state index in [4.69, 9.17) is 9.47 Å². The molecule has 1 aromatic carbocycles. The van der Waals surface area contributed by atoms with Gasteiger partial charge in [-0.15, -0.1) is 24.0 Å². The van der Waals surface area contributed by atoms with E-state index in [2.05, 4.69) is 41.3 Å². The topological polar surface area (TPSA) is 46.1 Å². The normalized spacial score (nSPS) is 17.6. The van der Waals surface area contributed by atoms with Crippen LogP contribution in [0.4, 0.5) is 0 Å². The Kier molecular flexibility index (Phi) is 8.68. The zero-order valence-electron chi connectivity index (χ0n) is 14.5. The summed E-state index contributed by atoms with van der Waals surface area (Å²) in [5.74, 6) is 2.44. The molecule has 1 heterocycles. The van der Waals surface area contributed by atoms with E-state index in [1.807, 2.05) is 13.1 Å². The molecule has 0 aromatic heterocycles. The Bertz CT molecular complexity index is 517. The molecule has 2 rings (SSSR count). The summed E-state index contributed by atoms with van der Waals surface area (Å²) in [5.41, 5.74) is 2.37. The summed E-state index contributed by atoms with van der Waals surface area (Å²) in [6.45, 7) is 5.53. The van der Waals surface area contributed by atoms with Crippen molar-refractivity contribution in [1.82, 2.24) is 10.2 Å². The molecule has 0 amide bonds. The van der Waals surface area contributed by atoms with E-state index in [9.17, 15) is 0 Å². The first-order valence-corrected chi connectivity index (χ1v) is 7.77. The highest BCUT2D eigenvalue weighted by Gasteiger charge is 2.18. The van der Waals surface area contributed by atoms with Gasteiger partial charge in [-0.1, -0.05) is 12.1 Å². The highest BCUT2D eigenvalue weighted by atomic mass is 127. The molecule has 23 heavy (non-hydrogen) atoms. The highest BCUT2D eigenvalue weighted by molar-refractivity contribution is 14.0. The van der Waals surface area contributed by atoms with Gasteiger partial charge in [0.25, 0.3) is 0 Å². The Labute approximate surface area is 156 Å². The molecule has 0 radical (unpaired) electrons. The largest absolute Gasteiger partial charge is 0.496 e. The van der Waals surface area contributed by atoms with Crippen LogP contribution in [0.25, 0.3) is 0 Å². The molecule has 0 aliphatic carbocycles. The minimum Gasteiger partial charge on any atom is -0.496 e. The minimum atomic E-state index is 0. The number of aryl methyl sites for hydroxylation is 1. The van der Waals surface area contributed by atoms with Crippen LogP contribution in [0.2, 0.25) is 0 Å². The van der Waals surface area contributed by atoms with E-state index >= 15 is 0 Å². The lowest BCUT2D eigenvalue weighted by molar-refractivity contribution is 0.181. The number of aliphatic imine (C=N–C) groups is 1. The maximum atomic E-state index is 5.44. The Morgan fingerprint density at radius 2 is 2.26 bits per heavy atom. The molecule has 5 nitrogen and oxygen atoms in total. The van der Waals surface area contributed by atoms with Crippen molar-refractivity contribution < 1.29 is 9.47 Å². The van der Waals surface area contributed by atoms with Crippen molar-refractivity contribution in [2.75, 3.05) is 41.0 Å².